The molecule has 3 aliphatic rings. The van der Waals surface area contributed by atoms with E-state index >= 15 is 4.79 Å². The predicted molar refractivity (Wildman–Crippen MR) is 211 cm³/mol. The summed E-state index contributed by atoms with van der Waals surface area (Å²) < 4.78 is 11.2. The molecule has 4 aromatic rings. The van der Waals surface area contributed by atoms with Crippen molar-refractivity contribution in [3.63, 3.8) is 0 Å². The SMILES string of the molecule is COC(=O)[C@@H](NC(=O)N1C(=O)[C@@]2(c3cc(C#CCNC(N)=O)ccc31)[C@H](C(=O)O)[C@H]1C(=O)O[C@H](c3ccccc3)[C@H](c3ccccc3)N1[C@@H]2c1ccc(O)cc1)C(C)C. The van der Waals surface area contributed by atoms with Crippen LogP contribution in [0.5, 0.6) is 5.75 Å². The molecule has 3 aliphatic heterocycles. The third-order valence-corrected chi connectivity index (χ3v) is 11.1. The van der Waals surface area contributed by atoms with E-state index in [1.807, 2.05) is 18.2 Å². The molecular formula is C44H41N5O10. The number of phenols is 1. The quantitative estimate of drug-likeness (QED) is 0.126. The maximum atomic E-state index is 15.8. The first-order chi connectivity index (χ1) is 28.3. The predicted octanol–water partition coefficient (Wildman–Crippen LogP) is 4.07. The number of rotatable bonds is 8. The number of anilines is 1. The van der Waals surface area contributed by atoms with Gasteiger partial charge in [0, 0.05) is 5.56 Å². The molecule has 0 aromatic heterocycles. The Morgan fingerprint density at radius 1 is 0.898 bits per heavy atom. The van der Waals surface area contributed by atoms with Crippen LogP contribution in [0.25, 0.3) is 0 Å². The molecule has 1 spiro atoms. The number of aromatic hydroxyl groups is 1. The Balaban J connectivity index is 1.54. The standard InChI is InChI=1S/C44H41N5O10/c1-24(2)33(39(53)58-3)47-43(57)48-31-21-16-25(11-10-22-46-42(45)56)23-30(31)44(41(48)55)32(38(51)52)35-40(54)59-36(27-14-8-5-9-15-27)34(26-12-6-4-7-13-26)49(35)37(44)28-17-19-29(50)20-18-28/h4-9,12-21,23-24,32-37,50H,22H2,1-3H3,(H,47,57)(H,51,52)(H3,45,46,56)/t32-,33-,34-,35-,36+,37+,44-/m0/s1. The summed E-state index contributed by atoms with van der Waals surface area (Å²) in [6, 6.07) is 21.5. The Morgan fingerprint density at radius 2 is 1.54 bits per heavy atom. The van der Waals surface area contributed by atoms with Gasteiger partial charge in [0.2, 0.25) is 5.91 Å². The Kier molecular flexibility index (Phi) is 10.8. The van der Waals surface area contributed by atoms with E-state index in [1.165, 1.54) is 30.3 Å². The molecule has 0 saturated carbocycles. The number of methoxy groups -OCH3 is 1. The van der Waals surface area contributed by atoms with E-state index in [4.69, 9.17) is 15.2 Å². The van der Waals surface area contributed by atoms with Crippen LogP contribution in [-0.2, 0) is 34.1 Å². The van der Waals surface area contributed by atoms with Crippen LogP contribution in [-0.4, -0.2) is 76.7 Å². The number of nitrogens with zero attached hydrogens (tertiary/aromatic N) is 2. The molecule has 0 unspecified atom stereocenters. The molecule has 0 aliphatic carbocycles. The molecule has 7 rings (SSSR count). The fourth-order valence-electron chi connectivity index (χ4n) is 8.72. The number of carboxylic acid groups (broad SMARTS) is 1. The second-order valence-electron chi connectivity index (χ2n) is 14.8. The number of amides is 5. The minimum atomic E-state index is -2.26. The van der Waals surface area contributed by atoms with Crippen LogP contribution in [0.2, 0.25) is 0 Å². The van der Waals surface area contributed by atoms with Crippen molar-refractivity contribution in [3.05, 3.63) is 131 Å². The number of carboxylic acids is 1. The minimum absolute atomic E-state index is 0.0141. The van der Waals surface area contributed by atoms with Crippen LogP contribution in [0.3, 0.4) is 0 Å². The summed E-state index contributed by atoms with van der Waals surface area (Å²) in [4.78, 5) is 85.9. The molecular weight excluding hydrogens is 759 g/mol. The summed E-state index contributed by atoms with van der Waals surface area (Å²) in [6.45, 7) is 3.22. The molecule has 2 saturated heterocycles. The summed E-state index contributed by atoms with van der Waals surface area (Å²) >= 11 is 0. The lowest BCUT2D eigenvalue weighted by Gasteiger charge is -2.46. The smallest absolute Gasteiger partial charge is 0.329 e. The van der Waals surface area contributed by atoms with Crippen molar-refractivity contribution in [1.29, 1.82) is 0 Å². The van der Waals surface area contributed by atoms with Crippen LogP contribution in [0.1, 0.15) is 59.9 Å². The molecule has 15 heteroatoms. The lowest BCUT2D eigenvalue weighted by molar-refractivity contribution is -0.179. The molecule has 7 atom stereocenters. The van der Waals surface area contributed by atoms with Gasteiger partial charge in [-0.1, -0.05) is 98.5 Å². The molecule has 3 heterocycles. The molecule has 6 N–H and O–H groups in total. The van der Waals surface area contributed by atoms with Gasteiger partial charge in [0.05, 0.1) is 31.4 Å². The van der Waals surface area contributed by atoms with Crippen molar-refractivity contribution in [2.24, 2.45) is 17.6 Å². The summed E-state index contributed by atoms with van der Waals surface area (Å²) in [6.07, 6.45) is -0.997. The van der Waals surface area contributed by atoms with E-state index in [0.717, 1.165) is 12.0 Å². The number of nitrogens with two attached hydrogens (primary N) is 1. The topological polar surface area (TPSA) is 218 Å². The molecule has 15 nitrogen and oxygen atoms in total. The normalized spacial score (nSPS) is 23.7. The molecule has 0 radical (unpaired) electrons. The van der Waals surface area contributed by atoms with Gasteiger partial charge in [-0.25, -0.2) is 19.3 Å². The summed E-state index contributed by atoms with van der Waals surface area (Å²) in [5.74, 6) is -0.999. The number of phenolic OH excluding ortho intramolecular Hbond substituents is 1. The van der Waals surface area contributed by atoms with E-state index in [1.54, 1.807) is 73.3 Å². The van der Waals surface area contributed by atoms with Gasteiger partial charge >= 0.3 is 30.0 Å². The van der Waals surface area contributed by atoms with E-state index in [2.05, 4.69) is 22.5 Å². The van der Waals surface area contributed by atoms with Crippen molar-refractivity contribution in [2.45, 2.75) is 49.5 Å². The molecule has 302 valence electrons. The number of hydrogen-bond acceptors (Lipinski definition) is 10. The van der Waals surface area contributed by atoms with Gasteiger partial charge in [0.1, 0.15) is 35.3 Å². The minimum Gasteiger partial charge on any atom is -0.508 e. The number of nitrogens with one attached hydrogen (secondary N) is 2. The number of imide groups is 1. The van der Waals surface area contributed by atoms with E-state index < -0.39 is 83.4 Å². The molecule has 0 bridgehead atoms. The van der Waals surface area contributed by atoms with E-state index in [9.17, 15) is 34.2 Å². The number of carbonyl (C=O) groups is 6. The summed E-state index contributed by atoms with van der Waals surface area (Å²) in [7, 11) is 1.16. The first-order valence-corrected chi connectivity index (χ1v) is 18.8. The van der Waals surface area contributed by atoms with Crippen LogP contribution < -0.4 is 21.3 Å². The van der Waals surface area contributed by atoms with Crippen LogP contribution >= 0.6 is 0 Å². The van der Waals surface area contributed by atoms with Gasteiger partial charge in [0.15, 0.2) is 0 Å². The Morgan fingerprint density at radius 3 is 2.14 bits per heavy atom. The van der Waals surface area contributed by atoms with Crippen molar-refractivity contribution in [1.82, 2.24) is 15.5 Å². The Labute approximate surface area is 339 Å². The van der Waals surface area contributed by atoms with E-state index in [-0.39, 0.29) is 29.1 Å². The summed E-state index contributed by atoms with van der Waals surface area (Å²) in [5, 5.41) is 26.9. The second-order valence-corrected chi connectivity index (χ2v) is 14.8. The van der Waals surface area contributed by atoms with Crippen LogP contribution in [0, 0.1) is 23.7 Å². The number of benzene rings is 4. The average Bonchev–Trinajstić information content (AvgIpc) is 3.68. The maximum absolute atomic E-state index is 15.8. The number of esters is 2. The van der Waals surface area contributed by atoms with E-state index in [0.29, 0.717) is 16.7 Å². The fraction of sp³-hybridized carbons (Fsp3) is 0.273. The third-order valence-electron chi connectivity index (χ3n) is 11.1. The fourth-order valence-corrected chi connectivity index (χ4v) is 8.72. The number of morpholine rings is 1. The highest BCUT2D eigenvalue weighted by atomic mass is 16.6. The maximum Gasteiger partial charge on any atom is 0.329 e. The molecule has 2 fully saturated rings. The van der Waals surface area contributed by atoms with Crippen molar-refractivity contribution < 1.29 is 48.5 Å². The zero-order valence-electron chi connectivity index (χ0n) is 32.2. The first-order valence-electron chi connectivity index (χ1n) is 18.8. The van der Waals surface area contributed by atoms with Gasteiger partial charge in [-0.3, -0.25) is 19.3 Å². The van der Waals surface area contributed by atoms with Gasteiger partial charge in [0.25, 0.3) is 0 Å². The number of cyclic esters (lactones) is 1. The zero-order valence-corrected chi connectivity index (χ0v) is 32.2. The lowest BCUT2D eigenvalue weighted by atomic mass is 9.65. The van der Waals surface area contributed by atoms with Gasteiger partial charge in [-0.15, -0.1) is 0 Å². The number of primary amides is 1. The van der Waals surface area contributed by atoms with Crippen molar-refractivity contribution in [3.8, 4) is 17.6 Å². The highest BCUT2D eigenvalue weighted by Crippen LogP contribution is 2.65. The van der Waals surface area contributed by atoms with Crippen molar-refractivity contribution in [2.75, 3.05) is 18.6 Å². The largest absolute Gasteiger partial charge is 0.508 e. The second kappa shape index (κ2) is 16.0. The van der Waals surface area contributed by atoms with Crippen LogP contribution in [0.4, 0.5) is 15.3 Å². The number of ether oxygens (including phenoxy) is 2. The average molecular weight is 800 g/mol. The molecule has 59 heavy (non-hydrogen) atoms. The highest BCUT2D eigenvalue weighted by Gasteiger charge is 2.76. The number of hydrogen-bond donors (Lipinski definition) is 5. The molecule has 5 amide bonds. The van der Waals surface area contributed by atoms with Crippen molar-refractivity contribution >= 4 is 41.6 Å². The lowest BCUT2D eigenvalue weighted by Crippen LogP contribution is -2.56. The van der Waals surface area contributed by atoms with Gasteiger partial charge in [-0.05, 0) is 58.5 Å². The summed E-state index contributed by atoms with van der Waals surface area (Å²) in [5.41, 5.74) is 4.87. The van der Waals surface area contributed by atoms with Crippen LogP contribution in [0.15, 0.2) is 103 Å². The number of urea groups is 2. The number of carbonyl (C=O) groups excluding carboxylic acids is 5. The third kappa shape index (κ3) is 6.87. The number of aliphatic carboxylic acids is 1. The Bertz CT molecular complexity index is 2380. The zero-order chi connectivity index (χ0) is 42.2. The highest BCUT2D eigenvalue weighted by molar-refractivity contribution is 6.24. The van der Waals surface area contributed by atoms with Gasteiger partial charge in [-0.2, -0.15) is 0 Å². The monoisotopic (exact) mass is 799 g/mol. The Hall–Kier alpha value is -7.18. The number of fused-ring (bicyclic) bond motifs is 3. The first kappa shape index (κ1) is 40.0. The van der Waals surface area contributed by atoms with Gasteiger partial charge < -0.3 is 36.1 Å². The molecule has 4 aromatic carbocycles.